The standard InChI is InChI=1S/C43H44BF3N2O3/c1-38(2)39(3,4)52-44(51-38)34-20-21-36-30(26-34)22-23-41(36,50)28-37-48-35(27-40(24-25-40)43(45,46)47)29-49(37)42(31-14-8-5-9-15-31,32-16-10-6-11-17-32)33-18-12-7-13-19-33/h5-21,26,29,50H,22-25,27-28H2,1-4H3. The van der Waals surface area contributed by atoms with Crippen molar-refractivity contribution >= 4 is 12.6 Å². The molecule has 268 valence electrons. The summed E-state index contributed by atoms with van der Waals surface area (Å²) in [6.07, 6.45) is -1.37. The highest BCUT2D eigenvalue weighted by atomic mass is 19.4. The van der Waals surface area contributed by atoms with Crippen LogP contribution in [0.25, 0.3) is 0 Å². The zero-order chi connectivity index (χ0) is 36.6. The first-order valence-corrected chi connectivity index (χ1v) is 18.2. The van der Waals surface area contributed by atoms with Crippen LogP contribution in [-0.2, 0) is 39.7 Å². The van der Waals surface area contributed by atoms with E-state index in [1.165, 1.54) is 0 Å². The average molecular weight is 705 g/mol. The Bertz CT molecular complexity index is 1960. The Balaban J connectivity index is 1.28. The number of rotatable bonds is 9. The van der Waals surface area contributed by atoms with Crippen LogP contribution in [0.15, 0.2) is 115 Å². The normalized spacial score (nSPS) is 21.7. The molecule has 0 spiro atoms. The monoisotopic (exact) mass is 704 g/mol. The highest BCUT2D eigenvalue weighted by Gasteiger charge is 2.63. The molecule has 0 bridgehead atoms. The third-order valence-corrected chi connectivity index (χ3v) is 12.2. The summed E-state index contributed by atoms with van der Waals surface area (Å²) >= 11 is 0. The third kappa shape index (κ3) is 5.64. The molecule has 2 aliphatic carbocycles. The Hall–Kier alpha value is -4.18. The lowest BCUT2D eigenvalue weighted by Crippen LogP contribution is -2.41. The van der Waals surface area contributed by atoms with Gasteiger partial charge in [0.1, 0.15) is 11.4 Å². The zero-order valence-corrected chi connectivity index (χ0v) is 30.1. The first kappa shape index (κ1) is 34.9. The van der Waals surface area contributed by atoms with Crippen molar-refractivity contribution < 1.29 is 27.6 Å². The van der Waals surface area contributed by atoms with Crippen LogP contribution in [0.1, 0.15) is 86.3 Å². The summed E-state index contributed by atoms with van der Waals surface area (Å²) in [6.45, 7) is 8.09. The van der Waals surface area contributed by atoms with E-state index in [-0.39, 0.29) is 25.7 Å². The van der Waals surface area contributed by atoms with Crippen LogP contribution in [0.4, 0.5) is 13.2 Å². The summed E-state index contributed by atoms with van der Waals surface area (Å²) < 4.78 is 57.9. The molecule has 0 amide bonds. The number of benzene rings is 4. The van der Waals surface area contributed by atoms with Crippen LogP contribution < -0.4 is 5.46 Å². The lowest BCUT2D eigenvalue weighted by atomic mass is 9.76. The number of halogens is 3. The van der Waals surface area contributed by atoms with Gasteiger partial charge < -0.3 is 19.0 Å². The molecule has 4 aromatic carbocycles. The molecule has 1 atom stereocenters. The number of aromatic nitrogens is 2. The lowest BCUT2D eigenvalue weighted by Gasteiger charge is -2.39. The van der Waals surface area contributed by atoms with Crippen LogP contribution >= 0.6 is 0 Å². The first-order chi connectivity index (χ1) is 24.7. The second kappa shape index (κ2) is 12.2. The molecule has 2 heterocycles. The first-order valence-electron chi connectivity index (χ1n) is 18.2. The number of aliphatic hydroxyl groups is 1. The highest BCUT2D eigenvalue weighted by molar-refractivity contribution is 6.62. The van der Waals surface area contributed by atoms with E-state index in [0.29, 0.717) is 24.4 Å². The molecular weight excluding hydrogens is 660 g/mol. The number of hydrogen-bond donors (Lipinski definition) is 1. The van der Waals surface area contributed by atoms with Crippen molar-refractivity contribution in [3.63, 3.8) is 0 Å². The second-order valence-corrected chi connectivity index (χ2v) is 16.0. The van der Waals surface area contributed by atoms with Gasteiger partial charge in [-0.05, 0) is 86.7 Å². The Labute approximate surface area is 304 Å². The number of nitrogens with zero attached hydrogens (tertiary/aromatic N) is 2. The van der Waals surface area contributed by atoms with Crippen LogP contribution in [0, 0.1) is 5.41 Å². The van der Waals surface area contributed by atoms with Gasteiger partial charge in [0, 0.05) is 19.0 Å². The molecule has 0 radical (unpaired) electrons. The fraction of sp³-hybridized carbons (Fsp3) is 0.372. The predicted molar refractivity (Wildman–Crippen MR) is 196 cm³/mol. The third-order valence-electron chi connectivity index (χ3n) is 12.2. The summed E-state index contributed by atoms with van der Waals surface area (Å²) in [5.41, 5.74) is 0.794. The molecular formula is C43H44BF3N2O3. The predicted octanol–water partition coefficient (Wildman–Crippen LogP) is 8.28. The second-order valence-electron chi connectivity index (χ2n) is 16.0. The van der Waals surface area contributed by atoms with Gasteiger partial charge in [-0.15, -0.1) is 0 Å². The van der Waals surface area contributed by atoms with Gasteiger partial charge in [0.25, 0.3) is 0 Å². The van der Waals surface area contributed by atoms with E-state index in [0.717, 1.165) is 33.3 Å². The minimum absolute atomic E-state index is 0.0856. The van der Waals surface area contributed by atoms with Crippen molar-refractivity contribution in [2.24, 2.45) is 5.41 Å². The van der Waals surface area contributed by atoms with Crippen LogP contribution in [0.2, 0.25) is 0 Å². The molecule has 3 aliphatic rings. The van der Waals surface area contributed by atoms with E-state index in [9.17, 15) is 18.3 Å². The summed E-state index contributed by atoms with van der Waals surface area (Å²) in [6, 6.07) is 36.1. The SMILES string of the molecule is CC1(C)OB(c2ccc3c(c2)CCC3(O)Cc2nc(CC3(C(F)(F)F)CC3)cn2C(c2ccccc2)(c2ccccc2)c2ccccc2)OC1(C)C. The van der Waals surface area contributed by atoms with Gasteiger partial charge >= 0.3 is 13.3 Å². The topological polar surface area (TPSA) is 56.5 Å². The highest BCUT2D eigenvalue weighted by Crippen LogP contribution is 2.59. The summed E-state index contributed by atoms with van der Waals surface area (Å²) in [5, 5.41) is 12.6. The average Bonchev–Trinajstić information content (AvgIpc) is 3.64. The van der Waals surface area contributed by atoms with E-state index in [1.54, 1.807) is 0 Å². The Kier molecular flexibility index (Phi) is 8.18. The molecule has 1 saturated carbocycles. The molecule has 1 unspecified atom stereocenters. The molecule has 52 heavy (non-hydrogen) atoms. The fourth-order valence-corrected chi connectivity index (χ4v) is 8.31. The van der Waals surface area contributed by atoms with Gasteiger partial charge in [-0.25, -0.2) is 4.98 Å². The largest absolute Gasteiger partial charge is 0.494 e. The molecule has 9 heteroatoms. The Morgan fingerprint density at radius 2 is 1.25 bits per heavy atom. The van der Waals surface area contributed by atoms with Crippen molar-refractivity contribution in [1.29, 1.82) is 0 Å². The Morgan fingerprint density at radius 1 is 0.731 bits per heavy atom. The van der Waals surface area contributed by atoms with Crippen molar-refractivity contribution in [2.75, 3.05) is 0 Å². The van der Waals surface area contributed by atoms with E-state index >= 15 is 0 Å². The van der Waals surface area contributed by atoms with Gasteiger partial charge in [-0.2, -0.15) is 13.2 Å². The van der Waals surface area contributed by atoms with Crippen LogP contribution in [-0.4, -0.2) is 39.2 Å². The number of aryl methyl sites for hydroxylation is 1. The van der Waals surface area contributed by atoms with Crippen LogP contribution in [0.3, 0.4) is 0 Å². The van der Waals surface area contributed by atoms with Gasteiger partial charge in [0.15, 0.2) is 0 Å². The van der Waals surface area contributed by atoms with Crippen molar-refractivity contribution in [2.45, 2.75) is 94.7 Å². The zero-order valence-electron chi connectivity index (χ0n) is 30.1. The van der Waals surface area contributed by atoms with Crippen LogP contribution in [0.5, 0.6) is 0 Å². The van der Waals surface area contributed by atoms with E-state index in [1.807, 2.05) is 105 Å². The fourth-order valence-electron chi connectivity index (χ4n) is 8.31. The van der Waals surface area contributed by atoms with Crippen molar-refractivity contribution in [3.8, 4) is 0 Å². The van der Waals surface area contributed by atoms with Gasteiger partial charge in [0.05, 0.1) is 27.9 Å². The lowest BCUT2D eigenvalue weighted by molar-refractivity contribution is -0.186. The maximum atomic E-state index is 14.4. The van der Waals surface area contributed by atoms with E-state index < -0.39 is 41.1 Å². The minimum atomic E-state index is -4.33. The molecule has 5 aromatic rings. The molecule has 1 aromatic heterocycles. The molecule has 1 aliphatic heterocycles. The maximum absolute atomic E-state index is 14.4. The van der Waals surface area contributed by atoms with E-state index in [4.69, 9.17) is 14.3 Å². The molecule has 1 N–H and O–H groups in total. The van der Waals surface area contributed by atoms with E-state index in [2.05, 4.69) is 42.5 Å². The quantitative estimate of drug-likeness (QED) is 0.124. The number of imidazole rings is 1. The number of hydrogen-bond acceptors (Lipinski definition) is 4. The Morgan fingerprint density at radius 3 is 1.73 bits per heavy atom. The molecule has 8 rings (SSSR count). The minimum Gasteiger partial charge on any atom is -0.399 e. The summed E-state index contributed by atoms with van der Waals surface area (Å²) in [7, 11) is -0.530. The number of alkyl halides is 3. The number of fused-ring (bicyclic) bond motifs is 1. The maximum Gasteiger partial charge on any atom is 0.494 e. The van der Waals surface area contributed by atoms with Crippen molar-refractivity contribution in [3.05, 3.63) is 155 Å². The van der Waals surface area contributed by atoms with Gasteiger partial charge in [0.2, 0.25) is 0 Å². The smallest absolute Gasteiger partial charge is 0.399 e. The summed E-state index contributed by atoms with van der Waals surface area (Å²) in [5.74, 6) is 0.523. The molecule has 5 nitrogen and oxygen atoms in total. The van der Waals surface area contributed by atoms with Gasteiger partial charge in [-0.3, -0.25) is 0 Å². The summed E-state index contributed by atoms with van der Waals surface area (Å²) in [4.78, 5) is 5.05. The van der Waals surface area contributed by atoms with Crippen molar-refractivity contribution in [1.82, 2.24) is 9.55 Å². The molecule has 1 saturated heterocycles. The van der Waals surface area contributed by atoms with Gasteiger partial charge in [-0.1, -0.05) is 109 Å². The molecule has 2 fully saturated rings.